The lowest BCUT2D eigenvalue weighted by Crippen LogP contribution is -2.02. The van der Waals surface area contributed by atoms with Gasteiger partial charge in [0.25, 0.3) is 0 Å². The molecule has 0 atom stereocenters. The van der Waals surface area contributed by atoms with Crippen LogP contribution in [0.15, 0.2) is 48.5 Å². The van der Waals surface area contributed by atoms with Gasteiger partial charge in [-0.1, -0.05) is 48.0 Å². The Morgan fingerprint density at radius 2 is 1.96 bits per heavy atom. The van der Waals surface area contributed by atoms with E-state index in [1.807, 2.05) is 47.5 Å². The van der Waals surface area contributed by atoms with Crippen LogP contribution in [0.1, 0.15) is 17.0 Å². The van der Waals surface area contributed by atoms with E-state index in [0.29, 0.717) is 9.79 Å². The Hall–Kier alpha value is -1.56. The maximum absolute atomic E-state index is 6.14. The summed E-state index contributed by atoms with van der Waals surface area (Å²) in [6.45, 7) is 2.04. The van der Waals surface area contributed by atoms with E-state index in [2.05, 4.69) is 34.5 Å². The molecule has 1 aromatic heterocycles. The fourth-order valence-corrected chi connectivity index (χ4v) is 3.65. The summed E-state index contributed by atoms with van der Waals surface area (Å²) in [6, 6.07) is 16.2. The molecule has 0 radical (unpaired) electrons. The molecule has 6 heteroatoms. The zero-order valence-corrected chi connectivity index (χ0v) is 15.0. The Labute approximate surface area is 149 Å². The predicted octanol–water partition coefficient (Wildman–Crippen LogP) is 5.33. The van der Waals surface area contributed by atoms with Crippen molar-refractivity contribution in [2.45, 2.75) is 18.4 Å². The maximum Gasteiger partial charge on any atom is 0.199 e. The van der Waals surface area contributed by atoms with Crippen molar-refractivity contribution in [1.29, 1.82) is 0 Å². The lowest BCUT2D eigenvalue weighted by Gasteiger charge is -2.10. The summed E-state index contributed by atoms with van der Waals surface area (Å²) >= 11 is 13.3. The zero-order chi connectivity index (χ0) is 16.2. The van der Waals surface area contributed by atoms with Gasteiger partial charge in [0, 0.05) is 10.8 Å². The smallest absolute Gasteiger partial charge is 0.199 e. The van der Waals surface area contributed by atoms with E-state index >= 15 is 0 Å². The van der Waals surface area contributed by atoms with Crippen molar-refractivity contribution in [3.05, 3.63) is 75.3 Å². The lowest BCUT2D eigenvalue weighted by atomic mass is 10.2. The second kappa shape index (κ2) is 7.34. The molecule has 0 unspecified atom stereocenters. The second-order valence-electron chi connectivity index (χ2n) is 5.19. The molecule has 3 nitrogen and oxygen atoms in total. The molecule has 0 saturated carbocycles. The minimum atomic E-state index is 0.589. The molecule has 0 spiro atoms. The molecule has 0 aliphatic rings. The number of nitrogens with one attached hydrogen (secondary N) is 1. The van der Waals surface area contributed by atoms with Crippen molar-refractivity contribution in [2.24, 2.45) is 0 Å². The van der Waals surface area contributed by atoms with E-state index in [4.69, 9.17) is 23.8 Å². The van der Waals surface area contributed by atoms with Crippen molar-refractivity contribution < 1.29 is 0 Å². The summed E-state index contributed by atoms with van der Waals surface area (Å²) in [5.41, 5.74) is 3.39. The Morgan fingerprint density at radius 3 is 2.74 bits per heavy atom. The third-order valence-electron chi connectivity index (χ3n) is 3.50. The first-order valence-electron chi connectivity index (χ1n) is 7.19. The van der Waals surface area contributed by atoms with Crippen LogP contribution in [0.4, 0.5) is 0 Å². The van der Waals surface area contributed by atoms with E-state index in [1.54, 1.807) is 0 Å². The second-order valence-corrected chi connectivity index (χ2v) is 7.00. The van der Waals surface area contributed by atoms with Crippen LogP contribution < -0.4 is 0 Å². The first-order chi connectivity index (χ1) is 11.1. The summed E-state index contributed by atoms with van der Waals surface area (Å²) in [5, 5.41) is 7.96. The van der Waals surface area contributed by atoms with E-state index in [-0.39, 0.29) is 0 Å². The molecule has 1 heterocycles. The van der Waals surface area contributed by atoms with Gasteiger partial charge in [-0.3, -0.25) is 9.67 Å². The van der Waals surface area contributed by atoms with Gasteiger partial charge in [0.15, 0.2) is 4.77 Å². The van der Waals surface area contributed by atoms with Gasteiger partial charge in [0.2, 0.25) is 0 Å². The van der Waals surface area contributed by atoms with Crippen LogP contribution in [-0.4, -0.2) is 14.8 Å². The van der Waals surface area contributed by atoms with Gasteiger partial charge in [-0.2, -0.15) is 5.10 Å². The fraction of sp³-hybridized carbons (Fsp3) is 0.176. The van der Waals surface area contributed by atoms with Crippen molar-refractivity contribution >= 4 is 35.6 Å². The number of aromatic nitrogens is 3. The van der Waals surface area contributed by atoms with Crippen molar-refractivity contribution in [3.63, 3.8) is 0 Å². The van der Waals surface area contributed by atoms with Crippen molar-refractivity contribution in [1.82, 2.24) is 14.8 Å². The summed E-state index contributed by atoms with van der Waals surface area (Å²) in [5.74, 6) is 2.62. The highest BCUT2D eigenvalue weighted by molar-refractivity contribution is 7.97. The van der Waals surface area contributed by atoms with E-state index < -0.39 is 0 Å². The van der Waals surface area contributed by atoms with Crippen LogP contribution >= 0.6 is 35.6 Å². The van der Waals surface area contributed by atoms with Gasteiger partial charge >= 0.3 is 0 Å². The Bertz CT molecular complexity index is 856. The molecule has 0 aliphatic carbocycles. The third-order valence-corrected chi connectivity index (χ3v) is 5.01. The molecule has 0 bridgehead atoms. The number of benzene rings is 2. The normalized spacial score (nSPS) is 10.9. The van der Waals surface area contributed by atoms with Crippen LogP contribution in [0, 0.1) is 11.7 Å². The molecule has 0 aliphatic heterocycles. The van der Waals surface area contributed by atoms with Crippen LogP contribution in [0.3, 0.4) is 0 Å². The number of rotatable bonds is 5. The molecular formula is C17H16ClN3S2. The van der Waals surface area contributed by atoms with Gasteiger partial charge in [0.1, 0.15) is 5.82 Å². The monoisotopic (exact) mass is 361 g/mol. The van der Waals surface area contributed by atoms with Crippen molar-refractivity contribution in [2.75, 3.05) is 0 Å². The molecule has 2 aromatic carbocycles. The standard InChI is InChI=1S/C17H16ClN3S2/c1-12-7-8-14(18)9-15(12)21-16(19-20-17(21)22)11-23-10-13-5-3-2-4-6-13/h2-9H,10-11H2,1H3,(H,20,22). The summed E-state index contributed by atoms with van der Waals surface area (Å²) < 4.78 is 2.56. The highest BCUT2D eigenvalue weighted by Gasteiger charge is 2.11. The third kappa shape index (κ3) is 3.86. The van der Waals surface area contributed by atoms with Gasteiger partial charge in [-0.15, -0.1) is 11.8 Å². The number of halogens is 1. The highest BCUT2D eigenvalue weighted by Crippen LogP contribution is 2.23. The first kappa shape index (κ1) is 16.3. The van der Waals surface area contributed by atoms with Crippen LogP contribution in [-0.2, 0) is 11.5 Å². The fourth-order valence-electron chi connectivity index (χ4n) is 2.33. The minimum absolute atomic E-state index is 0.589. The molecule has 1 N–H and O–H groups in total. The molecular weight excluding hydrogens is 346 g/mol. The lowest BCUT2D eigenvalue weighted by molar-refractivity contribution is 0.940. The molecule has 3 aromatic rings. The molecule has 0 saturated heterocycles. The number of thioether (sulfide) groups is 1. The number of H-pyrrole nitrogens is 1. The molecule has 3 rings (SSSR count). The Morgan fingerprint density at radius 1 is 1.17 bits per heavy atom. The zero-order valence-electron chi connectivity index (χ0n) is 12.6. The molecule has 23 heavy (non-hydrogen) atoms. The van der Waals surface area contributed by atoms with E-state index in [9.17, 15) is 0 Å². The highest BCUT2D eigenvalue weighted by atomic mass is 35.5. The summed E-state index contributed by atoms with van der Waals surface area (Å²) in [4.78, 5) is 0. The Balaban J connectivity index is 1.82. The summed E-state index contributed by atoms with van der Waals surface area (Å²) in [7, 11) is 0. The minimum Gasteiger partial charge on any atom is -0.271 e. The van der Waals surface area contributed by atoms with Crippen LogP contribution in [0.25, 0.3) is 5.69 Å². The van der Waals surface area contributed by atoms with Crippen LogP contribution in [0.5, 0.6) is 0 Å². The number of hydrogen-bond acceptors (Lipinski definition) is 3. The Kier molecular flexibility index (Phi) is 5.20. The largest absolute Gasteiger partial charge is 0.271 e. The van der Waals surface area contributed by atoms with Gasteiger partial charge in [-0.25, -0.2) is 0 Å². The van der Waals surface area contributed by atoms with E-state index in [0.717, 1.165) is 28.6 Å². The number of nitrogens with zero attached hydrogens (tertiary/aromatic N) is 2. The average Bonchev–Trinajstić information content (AvgIpc) is 2.92. The molecule has 0 fully saturated rings. The van der Waals surface area contributed by atoms with Gasteiger partial charge in [-0.05, 0) is 42.4 Å². The molecule has 118 valence electrons. The summed E-state index contributed by atoms with van der Waals surface area (Å²) in [6.07, 6.45) is 0. The van der Waals surface area contributed by atoms with Gasteiger partial charge in [0.05, 0.1) is 11.4 Å². The first-order valence-corrected chi connectivity index (χ1v) is 9.14. The predicted molar refractivity (Wildman–Crippen MR) is 99.9 cm³/mol. The van der Waals surface area contributed by atoms with Crippen LogP contribution in [0.2, 0.25) is 5.02 Å². The van der Waals surface area contributed by atoms with E-state index in [1.165, 1.54) is 5.56 Å². The molecule has 0 amide bonds. The van der Waals surface area contributed by atoms with Crippen molar-refractivity contribution in [3.8, 4) is 5.69 Å². The van der Waals surface area contributed by atoms with Gasteiger partial charge < -0.3 is 0 Å². The average molecular weight is 362 g/mol. The number of aryl methyl sites for hydroxylation is 1. The number of aromatic amines is 1. The number of hydrogen-bond donors (Lipinski definition) is 1. The SMILES string of the molecule is Cc1ccc(Cl)cc1-n1c(CSCc2ccccc2)n[nH]c1=S. The maximum atomic E-state index is 6.14. The topological polar surface area (TPSA) is 33.6 Å². The quantitative estimate of drug-likeness (QED) is 0.624.